The van der Waals surface area contributed by atoms with Crippen molar-refractivity contribution in [3.63, 3.8) is 0 Å². The van der Waals surface area contributed by atoms with Crippen molar-refractivity contribution < 1.29 is 14.3 Å². The van der Waals surface area contributed by atoms with Crippen molar-refractivity contribution in [2.75, 3.05) is 11.4 Å². The quantitative estimate of drug-likeness (QED) is 0.929. The second-order valence-electron chi connectivity index (χ2n) is 4.55. The lowest BCUT2D eigenvalue weighted by Gasteiger charge is -2.21. The molecule has 2 rings (SSSR count). The van der Waals surface area contributed by atoms with E-state index in [4.69, 9.17) is 0 Å². The van der Waals surface area contributed by atoms with E-state index in [1.54, 1.807) is 24.3 Å². The first kappa shape index (κ1) is 14.1. The topological polar surface area (TPSA) is 40.5 Å². The molecule has 0 unspecified atom stereocenters. The molecule has 0 bridgehead atoms. The number of benzene rings is 2. The minimum Gasteiger partial charge on any atom is -0.507 e. The number of hydrogen-bond acceptors (Lipinski definition) is 2. The summed E-state index contributed by atoms with van der Waals surface area (Å²) in [6, 6.07) is 10.6. The van der Waals surface area contributed by atoms with E-state index in [2.05, 4.69) is 0 Å². The SMILES string of the molecule is CCN(C(=O)c1cc(C)ccc1O)c1ccc(F)cc1. The van der Waals surface area contributed by atoms with Crippen LogP contribution in [0.4, 0.5) is 10.1 Å². The molecule has 2 aromatic carbocycles. The molecule has 1 N–H and O–H groups in total. The molecule has 0 saturated heterocycles. The predicted octanol–water partition coefficient (Wildman–Crippen LogP) is 3.51. The number of hydrogen-bond donors (Lipinski definition) is 1. The number of halogens is 1. The highest BCUT2D eigenvalue weighted by atomic mass is 19.1. The summed E-state index contributed by atoms with van der Waals surface area (Å²) >= 11 is 0. The molecule has 1 amide bonds. The van der Waals surface area contributed by atoms with Crippen LogP contribution >= 0.6 is 0 Å². The lowest BCUT2D eigenvalue weighted by molar-refractivity contribution is 0.0985. The lowest BCUT2D eigenvalue weighted by Crippen LogP contribution is -2.30. The number of rotatable bonds is 3. The van der Waals surface area contributed by atoms with Crippen LogP contribution in [0.3, 0.4) is 0 Å². The van der Waals surface area contributed by atoms with Gasteiger partial charge in [-0.2, -0.15) is 0 Å². The van der Waals surface area contributed by atoms with Gasteiger partial charge in [0.2, 0.25) is 0 Å². The first-order valence-electron chi connectivity index (χ1n) is 6.40. The Bertz CT molecular complexity index is 623. The van der Waals surface area contributed by atoms with Gasteiger partial charge in [-0.3, -0.25) is 4.79 Å². The van der Waals surface area contributed by atoms with Gasteiger partial charge in [0.1, 0.15) is 11.6 Å². The Morgan fingerprint density at radius 1 is 1.20 bits per heavy atom. The summed E-state index contributed by atoms with van der Waals surface area (Å²) in [6.45, 7) is 4.11. The summed E-state index contributed by atoms with van der Waals surface area (Å²) in [5, 5.41) is 9.83. The highest BCUT2D eigenvalue weighted by Crippen LogP contribution is 2.23. The number of carbonyl (C=O) groups is 1. The van der Waals surface area contributed by atoms with E-state index in [9.17, 15) is 14.3 Å². The monoisotopic (exact) mass is 273 g/mol. The van der Waals surface area contributed by atoms with Gasteiger partial charge in [-0.15, -0.1) is 0 Å². The Hall–Kier alpha value is -2.36. The average Bonchev–Trinajstić information content (AvgIpc) is 2.44. The van der Waals surface area contributed by atoms with Crippen molar-refractivity contribution in [2.45, 2.75) is 13.8 Å². The van der Waals surface area contributed by atoms with E-state index in [1.807, 2.05) is 13.8 Å². The molecule has 0 atom stereocenters. The van der Waals surface area contributed by atoms with Crippen LogP contribution in [-0.4, -0.2) is 17.6 Å². The standard InChI is InChI=1S/C16H16FNO2/c1-3-18(13-7-5-12(17)6-8-13)16(20)14-10-11(2)4-9-15(14)19/h4-10,19H,3H2,1-2H3. The first-order chi connectivity index (χ1) is 9.52. The van der Waals surface area contributed by atoms with E-state index in [-0.39, 0.29) is 23.0 Å². The van der Waals surface area contributed by atoms with E-state index < -0.39 is 0 Å². The molecule has 0 fully saturated rings. The van der Waals surface area contributed by atoms with Crippen molar-refractivity contribution in [1.29, 1.82) is 0 Å². The molecular weight excluding hydrogens is 257 g/mol. The van der Waals surface area contributed by atoms with Crippen LogP contribution in [0.1, 0.15) is 22.8 Å². The van der Waals surface area contributed by atoms with E-state index in [0.717, 1.165) is 5.56 Å². The number of amides is 1. The normalized spacial score (nSPS) is 10.3. The number of phenols is 1. The maximum atomic E-state index is 13.0. The number of aryl methyl sites for hydroxylation is 1. The number of phenolic OH excluding ortho intramolecular Hbond substituents is 1. The molecule has 0 saturated carbocycles. The molecule has 0 aromatic heterocycles. The Kier molecular flexibility index (Phi) is 4.03. The van der Waals surface area contributed by atoms with Crippen LogP contribution in [0.15, 0.2) is 42.5 Å². The zero-order valence-corrected chi connectivity index (χ0v) is 11.4. The molecule has 20 heavy (non-hydrogen) atoms. The third kappa shape index (κ3) is 2.79. The third-order valence-electron chi connectivity index (χ3n) is 3.08. The molecule has 0 aliphatic rings. The van der Waals surface area contributed by atoms with Crippen molar-refractivity contribution in [1.82, 2.24) is 0 Å². The Morgan fingerprint density at radius 2 is 1.85 bits per heavy atom. The van der Waals surface area contributed by atoms with Crippen LogP contribution in [0.25, 0.3) is 0 Å². The average molecular weight is 273 g/mol. The molecule has 0 spiro atoms. The van der Waals surface area contributed by atoms with Crippen LogP contribution < -0.4 is 4.90 Å². The van der Waals surface area contributed by atoms with Crippen molar-refractivity contribution in [3.05, 3.63) is 59.4 Å². The van der Waals surface area contributed by atoms with Gasteiger partial charge < -0.3 is 10.0 Å². The Balaban J connectivity index is 2.38. The largest absolute Gasteiger partial charge is 0.507 e. The lowest BCUT2D eigenvalue weighted by atomic mass is 10.1. The maximum absolute atomic E-state index is 13.0. The highest BCUT2D eigenvalue weighted by molar-refractivity contribution is 6.07. The molecule has 0 aliphatic carbocycles. The molecule has 4 heteroatoms. The van der Waals surface area contributed by atoms with Gasteiger partial charge in [0, 0.05) is 12.2 Å². The minimum atomic E-state index is -0.351. The van der Waals surface area contributed by atoms with Gasteiger partial charge in [-0.05, 0) is 50.2 Å². The number of aromatic hydroxyl groups is 1. The smallest absolute Gasteiger partial charge is 0.262 e. The fourth-order valence-corrected chi connectivity index (χ4v) is 2.03. The third-order valence-corrected chi connectivity index (χ3v) is 3.08. The van der Waals surface area contributed by atoms with Gasteiger partial charge in [-0.25, -0.2) is 4.39 Å². The van der Waals surface area contributed by atoms with Crippen molar-refractivity contribution in [3.8, 4) is 5.75 Å². The number of nitrogens with zero attached hydrogens (tertiary/aromatic N) is 1. The molecule has 3 nitrogen and oxygen atoms in total. The zero-order chi connectivity index (χ0) is 14.7. The Morgan fingerprint density at radius 3 is 2.45 bits per heavy atom. The van der Waals surface area contributed by atoms with Crippen molar-refractivity contribution in [2.24, 2.45) is 0 Å². The second-order valence-corrected chi connectivity index (χ2v) is 4.55. The van der Waals surface area contributed by atoms with Crippen LogP contribution in [0.5, 0.6) is 5.75 Å². The van der Waals surface area contributed by atoms with E-state index in [1.165, 1.54) is 23.1 Å². The molecule has 2 aromatic rings. The van der Waals surface area contributed by atoms with Gasteiger partial charge in [0.25, 0.3) is 5.91 Å². The summed E-state index contributed by atoms with van der Waals surface area (Å²) < 4.78 is 13.0. The Labute approximate surface area is 117 Å². The second kappa shape index (κ2) is 5.74. The maximum Gasteiger partial charge on any atom is 0.262 e. The van der Waals surface area contributed by atoms with Gasteiger partial charge in [-0.1, -0.05) is 11.6 Å². The summed E-state index contributed by atoms with van der Waals surface area (Å²) in [7, 11) is 0. The first-order valence-corrected chi connectivity index (χ1v) is 6.40. The molecular formula is C16H16FNO2. The number of carbonyl (C=O) groups excluding carboxylic acids is 1. The van der Waals surface area contributed by atoms with Crippen molar-refractivity contribution >= 4 is 11.6 Å². The van der Waals surface area contributed by atoms with Gasteiger partial charge >= 0.3 is 0 Å². The summed E-state index contributed by atoms with van der Waals surface area (Å²) in [5.74, 6) is -0.711. The van der Waals surface area contributed by atoms with Crippen LogP contribution in [-0.2, 0) is 0 Å². The van der Waals surface area contributed by atoms with Crippen LogP contribution in [0.2, 0.25) is 0 Å². The molecule has 104 valence electrons. The van der Waals surface area contributed by atoms with E-state index in [0.29, 0.717) is 12.2 Å². The summed E-state index contributed by atoms with van der Waals surface area (Å²) in [4.78, 5) is 14.0. The summed E-state index contributed by atoms with van der Waals surface area (Å²) in [5.41, 5.74) is 1.73. The fourth-order valence-electron chi connectivity index (χ4n) is 2.03. The summed E-state index contributed by atoms with van der Waals surface area (Å²) in [6.07, 6.45) is 0. The predicted molar refractivity (Wildman–Crippen MR) is 76.6 cm³/mol. The molecule has 0 aliphatic heterocycles. The fraction of sp³-hybridized carbons (Fsp3) is 0.188. The zero-order valence-electron chi connectivity index (χ0n) is 11.4. The number of anilines is 1. The minimum absolute atomic E-state index is 0.0545. The van der Waals surface area contributed by atoms with Gasteiger partial charge in [0.05, 0.1) is 5.56 Å². The van der Waals surface area contributed by atoms with Gasteiger partial charge in [0.15, 0.2) is 0 Å². The van der Waals surface area contributed by atoms with E-state index >= 15 is 0 Å². The highest BCUT2D eigenvalue weighted by Gasteiger charge is 2.19. The molecule has 0 radical (unpaired) electrons. The van der Waals surface area contributed by atoms with Crippen LogP contribution in [0, 0.1) is 12.7 Å². The molecule has 0 heterocycles.